The molecule has 0 saturated heterocycles. The molecule has 0 radical (unpaired) electrons. The number of rotatable bonds is 1. The molecule has 1 aromatic carbocycles. The molecule has 0 aliphatic carbocycles. The molecule has 0 spiro atoms. The van der Waals surface area contributed by atoms with Crippen molar-refractivity contribution in [3.63, 3.8) is 0 Å². The summed E-state index contributed by atoms with van der Waals surface area (Å²) in [5, 5.41) is 0. The molecule has 0 saturated carbocycles. The van der Waals surface area contributed by atoms with Gasteiger partial charge in [-0.3, -0.25) is 0 Å². The second kappa shape index (κ2) is 6.96. The second-order valence-corrected chi connectivity index (χ2v) is 7.96. The van der Waals surface area contributed by atoms with Crippen LogP contribution in [0.2, 0.25) is 0 Å². The average Bonchev–Trinajstić information content (AvgIpc) is 3.53. The maximum Gasteiger partial charge on any atom is 0.0658 e. The van der Waals surface area contributed by atoms with Crippen molar-refractivity contribution in [3.8, 4) is 11.1 Å². The first-order chi connectivity index (χ1) is 15.2. The summed E-state index contributed by atoms with van der Waals surface area (Å²) in [6, 6.07) is 23.2. The molecule has 0 atom stereocenters. The van der Waals surface area contributed by atoms with Crippen molar-refractivity contribution in [2.75, 3.05) is 0 Å². The maximum absolute atomic E-state index is 4.79. The van der Waals surface area contributed by atoms with Crippen LogP contribution in [0.5, 0.6) is 0 Å². The third-order valence-corrected chi connectivity index (χ3v) is 5.50. The van der Waals surface area contributed by atoms with Crippen molar-refractivity contribution in [2.45, 2.75) is 6.92 Å². The molecule has 0 unspecified atom stereocenters. The summed E-state index contributed by atoms with van der Waals surface area (Å²) < 4.78 is 0. The SMILES string of the molecule is Cc1cccc(-c2cc3cc4nc(cc5ccc(cc6nc(cc2[nH]3)C=C6)[nH]5)C=C4)c1. The highest BCUT2D eigenvalue weighted by Gasteiger charge is 2.07. The van der Waals surface area contributed by atoms with Gasteiger partial charge in [-0.2, -0.15) is 0 Å². The summed E-state index contributed by atoms with van der Waals surface area (Å²) >= 11 is 0. The van der Waals surface area contributed by atoms with Gasteiger partial charge in [0, 0.05) is 27.6 Å². The molecule has 31 heavy (non-hydrogen) atoms. The Labute approximate surface area is 179 Å². The van der Waals surface area contributed by atoms with Gasteiger partial charge >= 0.3 is 0 Å². The fourth-order valence-corrected chi connectivity index (χ4v) is 4.07. The highest BCUT2D eigenvalue weighted by atomic mass is 14.8. The Morgan fingerprint density at radius 1 is 0.581 bits per heavy atom. The standard InChI is InChI=1S/C27H20N4/c1-17-3-2-4-18(11-17)26-15-25-14-23-8-7-21(29-23)12-19-5-6-20(28-19)13-22-9-10-24(30-22)16-27(26)31-25/h2-16,28,31H,1H3. The van der Waals surface area contributed by atoms with Crippen LogP contribution in [0, 0.1) is 6.92 Å². The van der Waals surface area contributed by atoms with Crippen LogP contribution in [-0.2, 0) is 0 Å². The largest absolute Gasteiger partial charge is 0.355 e. The number of hydrogen-bond acceptors (Lipinski definition) is 2. The van der Waals surface area contributed by atoms with Gasteiger partial charge in [-0.05, 0) is 79.3 Å². The van der Waals surface area contributed by atoms with E-state index in [4.69, 9.17) is 9.97 Å². The number of aryl methyl sites for hydroxylation is 1. The van der Waals surface area contributed by atoms with Gasteiger partial charge in [0.25, 0.3) is 0 Å². The molecule has 4 heteroatoms. The third-order valence-electron chi connectivity index (χ3n) is 5.50. The van der Waals surface area contributed by atoms with Gasteiger partial charge in [-0.25, -0.2) is 9.97 Å². The molecule has 5 heterocycles. The summed E-state index contributed by atoms with van der Waals surface area (Å²) in [4.78, 5) is 16.5. The lowest BCUT2D eigenvalue weighted by molar-refractivity contribution is 1.31. The number of hydrogen-bond donors (Lipinski definition) is 2. The lowest BCUT2D eigenvalue weighted by Gasteiger charge is -2.00. The van der Waals surface area contributed by atoms with E-state index in [0.29, 0.717) is 0 Å². The lowest BCUT2D eigenvalue weighted by atomic mass is 10.0. The van der Waals surface area contributed by atoms with E-state index < -0.39 is 0 Å². The number of nitrogens with one attached hydrogen (secondary N) is 2. The molecule has 0 fully saturated rings. The Morgan fingerprint density at radius 2 is 1.19 bits per heavy atom. The summed E-state index contributed by atoms with van der Waals surface area (Å²) in [6.07, 6.45) is 8.17. The first kappa shape index (κ1) is 17.7. The zero-order chi connectivity index (χ0) is 20.8. The highest BCUT2D eigenvalue weighted by Crippen LogP contribution is 2.28. The van der Waals surface area contributed by atoms with Crippen molar-refractivity contribution in [1.29, 1.82) is 0 Å². The first-order valence-electron chi connectivity index (χ1n) is 10.3. The number of aromatic amines is 2. The topological polar surface area (TPSA) is 57.4 Å². The van der Waals surface area contributed by atoms with Crippen molar-refractivity contribution in [2.24, 2.45) is 0 Å². The van der Waals surface area contributed by atoms with Gasteiger partial charge in [-0.1, -0.05) is 29.8 Å². The summed E-state index contributed by atoms with van der Waals surface area (Å²) in [7, 11) is 0. The Morgan fingerprint density at radius 3 is 1.84 bits per heavy atom. The van der Waals surface area contributed by atoms with Crippen molar-refractivity contribution in [1.82, 2.24) is 19.9 Å². The van der Waals surface area contributed by atoms with E-state index in [9.17, 15) is 0 Å². The molecular weight excluding hydrogens is 380 g/mol. The van der Waals surface area contributed by atoms with E-state index in [1.807, 2.05) is 18.2 Å². The molecule has 8 bridgehead atoms. The molecule has 2 N–H and O–H groups in total. The van der Waals surface area contributed by atoms with Crippen molar-refractivity contribution in [3.05, 3.63) is 95.1 Å². The fraction of sp³-hybridized carbons (Fsp3) is 0.0370. The zero-order valence-corrected chi connectivity index (χ0v) is 17.1. The Balaban J connectivity index is 1.68. The summed E-state index contributed by atoms with van der Waals surface area (Å²) in [5.74, 6) is 0. The van der Waals surface area contributed by atoms with E-state index in [2.05, 4.69) is 89.7 Å². The number of fused-ring (bicyclic) bond motifs is 8. The summed E-state index contributed by atoms with van der Waals surface area (Å²) in [6.45, 7) is 2.12. The van der Waals surface area contributed by atoms with Crippen molar-refractivity contribution < 1.29 is 0 Å². The van der Waals surface area contributed by atoms with Crippen LogP contribution in [0.1, 0.15) is 28.3 Å². The molecule has 4 aromatic rings. The predicted octanol–water partition coefficient (Wildman–Crippen LogP) is 6.63. The molecule has 2 aliphatic rings. The molecule has 148 valence electrons. The Hall–Kier alpha value is -4.18. The number of H-pyrrole nitrogens is 2. The Bertz CT molecular complexity index is 1550. The van der Waals surface area contributed by atoms with Crippen LogP contribution in [0.4, 0.5) is 0 Å². The molecule has 4 nitrogen and oxygen atoms in total. The lowest BCUT2D eigenvalue weighted by Crippen LogP contribution is -1.78. The second-order valence-electron chi connectivity index (χ2n) is 7.96. The minimum atomic E-state index is 0.924. The van der Waals surface area contributed by atoms with Gasteiger partial charge < -0.3 is 9.97 Å². The van der Waals surface area contributed by atoms with Crippen LogP contribution in [0.15, 0.2) is 66.7 Å². The smallest absolute Gasteiger partial charge is 0.0658 e. The quantitative estimate of drug-likeness (QED) is 0.325. The van der Waals surface area contributed by atoms with Gasteiger partial charge in [0.05, 0.1) is 22.8 Å². The van der Waals surface area contributed by atoms with Gasteiger partial charge in [-0.15, -0.1) is 0 Å². The van der Waals surface area contributed by atoms with E-state index in [-0.39, 0.29) is 0 Å². The number of benzene rings is 1. The maximum atomic E-state index is 4.79. The van der Waals surface area contributed by atoms with Gasteiger partial charge in [0.2, 0.25) is 0 Å². The van der Waals surface area contributed by atoms with E-state index in [1.165, 1.54) is 11.1 Å². The van der Waals surface area contributed by atoms with Crippen LogP contribution < -0.4 is 0 Å². The molecular formula is C27H20N4. The van der Waals surface area contributed by atoms with Crippen LogP contribution in [0.3, 0.4) is 0 Å². The van der Waals surface area contributed by atoms with Gasteiger partial charge in [0.15, 0.2) is 0 Å². The third kappa shape index (κ3) is 3.49. The normalized spacial score (nSPS) is 12.4. The molecule has 2 aliphatic heterocycles. The van der Waals surface area contributed by atoms with Crippen LogP contribution in [-0.4, -0.2) is 19.9 Å². The number of aromatic nitrogens is 4. The summed E-state index contributed by atoms with van der Waals surface area (Å²) in [5.41, 5.74) is 11.4. The average molecular weight is 400 g/mol. The zero-order valence-electron chi connectivity index (χ0n) is 17.1. The highest BCUT2D eigenvalue weighted by molar-refractivity contribution is 5.88. The van der Waals surface area contributed by atoms with Crippen LogP contribution >= 0.6 is 0 Å². The first-order valence-corrected chi connectivity index (χ1v) is 10.3. The molecule has 0 amide bonds. The Kier molecular flexibility index (Phi) is 3.96. The molecule has 3 aromatic heterocycles. The van der Waals surface area contributed by atoms with Gasteiger partial charge in [0.1, 0.15) is 0 Å². The minimum Gasteiger partial charge on any atom is -0.355 e. The van der Waals surface area contributed by atoms with Crippen molar-refractivity contribution >= 4 is 46.4 Å². The number of nitrogens with zero attached hydrogens (tertiary/aromatic N) is 2. The fourth-order valence-electron chi connectivity index (χ4n) is 4.07. The van der Waals surface area contributed by atoms with E-state index in [0.717, 1.165) is 50.4 Å². The molecule has 6 rings (SSSR count). The predicted molar refractivity (Wildman–Crippen MR) is 129 cm³/mol. The van der Waals surface area contributed by atoms with Crippen LogP contribution in [0.25, 0.3) is 57.5 Å². The van der Waals surface area contributed by atoms with E-state index in [1.54, 1.807) is 0 Å². The monoisotopic (exact) mass is 400 g/mol. The van der Waals surface area contributed by atoms with E-state index >= 15 is 0 Å². The minimum absolute atomic E-state index is 0.924.